The van der Waals surface area contributed by atoms with Crippen LogP contribution in [0.3, 0.4) is 0 Å². The molecular weight excluding hydrogens is 306 g/mol. The highest BCUT2D eigenvalue weighted by Crippen LogP contribution is 2.36. The Kier molecular flexibility index (Phi) is 8.81. The lowest BCUT2D eigenvalue weighted by Gasteiger charge is -2.19. The van der Waals surface area contributed by atoms with Gasteiger partial charge in [-0.05, 0) is 6.07 Å². The zero-order valence-electron chi connectivity index (χ0n) is 13.5. The highest BCUT2D eigenvalue weighted by molar-refractivity contribution is 5.66. The van der Waals surface area contributed by atoms with E-state index in [-0.39, 0.29) is 26.6 Å². The lowest BCUT2D eigenvalue weighted by molar-refractivity contribution is 0.0292. The van der Waals surface area contributed by atoms with E-state index in [0.29, 0.717) is 17.1 Å². The smallest absolute Gasteiger partial charge is 0.406 e. The number of hydrogen-bond acceptors (Lipinski definition) is 7. The Morgan fingerprint density at radius 2 is 1.91 bits per heavy atom. The number of rotatable bonds is 10. The van der Waals surface area contributed by atoms with E-state index in [1.807, 2.05) is 0 Å². The normalized spacial score (nSPS) is 11.7. The van der Waals surface area contributed by atoms with Crippen molar-refractivity contribution in [1.82, 2.24) is 5.32 Å². The van der Waals surface area contributed by atoms with E-state index in [1.165, 1.54) is 21.3 Å². The first kappa shape index (κ1) is 19.0. The Balaban J connectivity index is 2.82. The van der Waals surface area contributed by atoms with Crippen molar-refractivity contribution in [2.75, 3.05) is 41.5 Å². The van der Waals surface area contributed by atoms with Crippen molar-refractivity contribution in [3.8, 4) is 11.5 Å². The van der Waals surface area contributed by atoms with Gasteiger partial charge in [-0.15, -0.1) is 0 Å². The Morgan fingerprint density at radius 3 is 2.57 bits per heavy atom. The lowest BCUT2D eigenvalue weighted by Crippen LogP contribution is -2.20. The molecule has 8 nitrogen and oxygen atoms in total. The van der Waals surface area contributed by atoms with Crippen LogP contribution in [-0.4, -0.2) is 52.7 Å². The van der Waals surface area contributed by atoms with E-state index in [1.54, 1.807) is 18.2 Å². The molecule has 0 radical (unpaired) electrons. The number of alkyl carbamates (subject to hydrolysis) is 1. The molecule has 0 aliphatic carbocycles. The number of methoxy groups -OCH3 is 2. The van der Waals surface area contributed by atoms with Crippen LogP contribution in [0.1, 0.15) is 18.1 Å². The molecule has 0 fully saturated rings. The van der Waals surface area contributed by atoms with E-state index in [2.05, 4.69) is 5.32 Å². The van der Waals surface area contributed by atoms with Crippen LogP contribution in [0.25, 0.3) is 0 Å². The van der Waals surface area contributed by atoms with Crippen LogP contribution >= 0.6 is 0 Å². The summed E-state index contributed by atoms with van der Waals surface area (Å²) in [5.41, 5.74) is 0.510. The van der Waals surface area contributed by atoms with Crippen molar-refractivity contribution < 1.29 is 33.6 Å². The van der Waals surface area contributed by atoms with Crippen LogP contribution in [0.4, 0.5) is 4.79 Å². The third-order valence-corrected chi connectivity index (χ3v) is 2.85. The topological polar surface area (TPSA) is 95.5 Å². The summed E-state index contributed by atoms with van der Waals surface area (Å²) in [7, 11) is 4.46. The van der Waals surface area contributed by atoms with Crippen molar-refractivity contribution in [2.45, 2.75) is 12.5 Å². The second-order valence-corrected chi connectivity index (χ2v) is 4.47. The summed E-state index contributed by atoms with van der Waals surface area (Å²) in [6.07, 6.45) is -1.23. The molecule has 1 aromatic carbocycles. The first-order valence-corrected chi connectivity index (χ1v) is 7.03. The largest absolute Gasteiger partial charge is 0.464 e. The molecule has 130 valence electrons. The Bertz CT molecular complexity index is 481. The van der Waals surface area contributed by atoms with Crippen LogP contribution in [0, 0.1) is 0 Å². The molecule has 0 aromatic heterocycles. The van der Waals surface area contributed by atoms with Gasteiger partial charge in [0, 0.05) is 33.3 Å². The summed E-state index contributed by atoms with van der Waals surface area (Å²) < 4.78 is 25.6. The second-order valence-electron chi connectivity index (χ2n) is 4.47. The van der Waals surface area contributed by atoms with E-state index in [9.17, 15) is 9.90 Å². The van der Waals surface area contributed by atoms with E-state index in [0.717, 1.165) is 0 Å². The van der Waals surface area contributed by atoms with Crippen molar-refractivity contribution in [3.63, 3.8) is 0 Å². The van der Waals surface area contributed by atoms with Gasteiger partial charge < -0.3 is 34.1 Å². The molecule has 1 rings (SSSR count). The van der Waals surface area contributed by atoms with Crippen LogP contribution in [0.2, 0.25) is 0 Å². The standard InChI is InChI=1S/C15H23NO7/c1-16-15(18)21-8-7-12(17)11-5-4-6-13(22-9-19-2)14(11)23-10-20-3/h4-6,12,17H,7-10H2,1-3H3,(H,16,18). The number of carbonyl (C=O) groups excluding carboxylic acids is 1. The molecule has 0 saturated heterocycles. The molecule has 1 atom stereocenters. The number of aliphatic hydroxyl groups is 1. The summed E-state index contributed by atoms with van der Waals surface area (Å²) in [6.45, 7) is 0.109. The van der Waals surface area contributed by atoms with Crippen molar-refractivity contribution in [1.29, 1.82) is 0 Å². The van der Waals surface area contributed by atoms with Gasteiger partial charge in [0.15, 0.2) is 25.1 Å². The number of amides is 1. The third-order valence-electron chi connectivity index (χ3n) is 2.85. The number of para-hydroxylation sites is 1. The van der Waals surface area contributed by atoms with Crippen LogP contribution < -0.4 is 14.8 Å². The molecule has 8 heteroatoms. The van der Waals surface area contributed by atoms with Crippen molar-refractivity contribution in [2.24, 2.45) is 0 Å². The quantitative estimate of drug-likeness (QED) is 0.627. The summed E-state index contributed by atoms with van der Waals surface area (Å²) in [5.74, 6) is 0.784. The molecule has 23 heavy (non-hydrogen) atoms. The lowest BCUT2D eigenvalue weighted by atomic mass is 10.1. The molecule has 0 bridgehead atoms. The van der Waals surface area contributed by atoms with Gasteiger partial charge in [0.1, 0.15) is 0 Å². The number of nitrogens with one attached hydrogen (secondary N) is 1. The van der Waals surface area contributed by atoms with Crippen molar-refractivity contribution in [3.05, 3.63) is 23.8 Å². The van der Waals surface area contributed by atoms with Crippen LogP contribution in [-0.2, 0) is 14.2 Å². The van der Waals surface area contributed by atoms with Gasteiger partial charge in [-0.2, -0.15) is 0 Å². The minimum atomic E-state index is -0.891. The first-order chi connectivity index (χ1) is 11.1. The molecule has 0 aliphatic heterocycles. The molecule has 0 aliphatic rings. The monoisotopic (exact) mass is 329 g/mol. The summed E-state index contributed by atoms with van der Waals surface area (Å²) in [6, 6.07) is 5.12. The fourth-order valence-electron chi connectivity index (χ4n) is 1.79. The van der Waals surface area contributed by atoms with Crippen LogP contribution in [0.15, 0.2) is 18.2 Å². The maximum atomic E-state index is 11.0. The predicted molar refractivity (Wildman–Crippen MR) is 81.4 cm³/mol. The average molecular weight is 329 g/mol. The summed E-state index contributed by atoms with van der Waals surface area (Å²) in [4.78, 5) is 11.0. The molecule has 1 aromatic rings. The average Bonchev–Trinajstić information content (AvgIpc) is 2.57. The highest BCUT2D eigenvalue weighted by Gasteiger charge is 2.18. The Morgan fingerprint density at radius 1 is 1.22 bits per heavy atom. The number of ether oxygens (including phenoxy) is 5. The number of hydrogen-bond donors (Lipinski definition) is 2. The van der Waals surface area contributed by atoms with E-state index in [4.69, 9.17) is 23.7 Å². The van der Waals surface area contributed by atoms with Crippen LogP contribution in [0.5, 0.6) is 11.5 Å². The maximum absolute atomic E-state index is 11.0. The van der Waals surface area contributed by atoms with Crippen molar-refractivity contribution >= 4 is 6.09 Å². The zero-order valence-corrected chi connectivity index (χ0v) is 13.5. The van der Waals surface area contributed by atoms with Gasteiger partial charge in [-0.3, -0.25) is 0 Å². The fourth-order valence-corrected chi connectivity index (χ4v) is 1.79. The number of aliphatic hydroxyl groups excluding tert-OH is 1. The van der Waals surface area contributed by atoms with E-state index >= 15 is 0 Å². The van der Waals surface area contributed by atoms with Gasteiger partial charge in [-0.1, -0.05) is 12.1 Å². The minimum Gasteiger partial charge on any atom is -0.464 e. The van der Waals surface area contributed by atoms with Gasteiger partial charge >= 0.3 is 6.09 Å². The molecule has 1 unspecified atom stereocenters. The summed E-state index contributed by atoms with van der Waals surface area (Å²) in [5, 5.41) is 12.6. The highest BCUT2D eigenvalue weighted by atomic mass is 16.7. The van der Waals surface area contributed by atoms with E-state index < -0.39 is 12.2 Å². The Hall–Kier alpha value is -2.03. The number of benzene rings is 1. The second kappa shape index (κ2) is 10.7. The Labute approximate surface area is 135 Å². The summed E-state index contributed by atoms with van der Waals surface area (Å²) >= 11 is 0. The zero-order chi connectivity index (χ0) is 17.1. The van der Waals surface area contributed by atoms with Gasteiger partial charge in [0.25, 0.3) is 0 Å². The molecule has 1 amide bonds. The first-order valence-electron chi connectivity index (χ1n) is 7.03. The van der Waals surface area contributed by atoms with Gasteiger partial charge in [0.2, 0.25) is 0 Å². The fraction of sp³-hybridized carbons (Fsp3) is 0.533. The van der Waals surface area contributed by atoms with Gasteiger partial charge in [0.05, 0.1) is 12.7 Å². The predicted octanol–water partition coefficient (Wildman–Crippen LogP) is 1.43. The molecule has 0 spiro atoms. The molecule has 0 heterocycles. The number of carbonyl (C=O) groups is 1. The van der Waals surface area contributed by atoms with Gasteiger partial charge in [-0.25, -0.2) is 4.79 Å². The molecule has 2 N–H and O–H groups in total. The maximum Gasteiger partial charge on any atom is 0.406 e. The molecular formula is C15H23NO7. The SMILES string of the molecule is CNC(=O)OCCC(O)c1cccc(OCOC)c1OCOC. The molecule has 0 saturated carbocycles. The minimum absolute atomic E-state index is 0.00180. The third kappa shape index (κ3) is 6.31.